The summed E-state index contributed by atoms with van der Waals surface area (Å²) in [6, 6.07) is 15.2. The van der Waals surface area contributed by atoms with Crippen molar-refractivity contribution in [1.29, 1.82) is 0 Å². The van der Waals surface area contributed by atoms with Gasteiger partial charge in [-0.05, 0) is 55.0 Å². The number of para-hydroxylation sites is 1. The van der Waals surface area contributed by atoms with Crippen LogP contribution in [0.15, 0.2) is 67.0 Å². The molecule has 1 N–H and O–H groups in total. The fraction of sp³-hybridized carbons (Fsp3) is 0.136. The van der Waals surface area contributed by atoms with E-state index in [-0.39, 0.29) is 17.6 Å². The quantitative estimate of drug-likeness (QED) is 0.559. The van der Waals surface area contributed by atoms with Crippen LogP contribution in [0.1, 0.15) is 18.5 Å². The maximum absolute atomic E-state index is 14.0. The molecule has 0 aliphatic carbocycles. The van der Waals surface area contributed by atoms with Crippen LogP contribution in [0.25, 0.3) is 22.3 Å². The number of anilines is 1. The minimum absolute atomic E-state index is 0.0263. The molecule has 0 fully saturated rings. The van der Waals surface area contributed by atoms with Gasteiger partial charge in [-0.2, -0.15) is 0 Å². The SMILES string of the molecule is CC(c1ccncc1)N(C)c1nc(-c2ccccc2O)nc2ccc(F)cc12. The second kappa shape index (κ2) is 7.23. The van der Waals surface area contributed by atoms with E-state index in [2.05, 4.69) is 9.97 Å². The Kier molecular flexibility index (Phi) is 4.61. The first-order valence-corrected chi connectivity index (χ1v) is 8.93. The summed E-state index contributed by atoms with van der Waals surface area (Å²) in [5.74, 6) is 0.727. The summed E-state index contributed by atoms with van der Waals surface area (Å²) < 4.78 is 14.0. The Bertz CT molecular complexity index is 1130. The fourth-order valence-corrected chi connectivity index (χ4v) is 3.19. The summed E-state index contributed by atoms with van der Waals surface area (Å²) >= 11 is 0. The number of hydrogen-bond acceptors (Lipinski definition) is 5. The van der Waals surface area contributed by atoms with Gasteiger partial charge in [-0.25, -0.2) is 14.4 Å². The van der Waals surface area contributed by atoms with Crippen LogP contribution >= 0.6 is 0 Å². The lowest BCUT2D eigenvalue weighted by Crippen LogP contribution is -2.23. The lowest BCUT2D eigenvalue weighted by molar-refractivity contribution is 0.477. The predicted octanol–water partition coefficient (Wildman–Crippen LogP) is 4.73. The van der Waals surface area contributed by atoms with Crippen LogP contribution in [-0.4, -0.2) is 27.1 Å². The fourth-order valence-electron chi connectivity index (χ4n) is 3.19. The average Bonchev–Trinajstić information content (AvgIpc) is 2.73. The monoisotopic (exact) mass is 374 g/mol. The number of pyridine rings is 1. The number of nitrogens with zero attached hydrogens (tertiary/aromatic N) is 4. The van der Waals surface area contributed by atoms with Gasteiger partial charge in [0, 0.05) is 24.8 Å². The normalized spacial score (nSPS) is 12.1. The molecule has 0 saturated carbocycles. The Morgan fingerprint density at radius 1 is 1.00 bits per heavy atom. The third kappa shape index (κ3) is 3.24. The van der Waals surface area contributed by atoms with Crippen LogP contribution in [0, 0.1) is 5.82 Å². The molecule has 0 amide bonds. The summed E-state index contributed by atoms with van der Waals surface area (Å²) in [6.07, 6.45) is 3.48. The Labute approximate surface area is 162 Å². The van der Waals surface area contributed by atoms with E-state index in [1.807, 2.05) is 37.1 Å². The molecule has 2 aromatic heterocycles. The molecule has 4 aromatic rings. The van der Waals surface area contributed by atoms with Gasteiger partial charge in [-0.3, -0.25) is 4.98 Å². The number of phenols is 1. The van der Waals surface area contributed by atoms with Crippen LogP contribution in [0.4, 0.5) is 10.2 Å². The zero-order valence-electron chi connectivity index (χ0n) is 15.5. The largest absolute Gasteiger partial charge is 0.507 e. The number of benzene rings is 2. The third-order valence-electron chi connectivity index (χ3n) is 4.89. The van der Waals surface area contributed by atoms with E-state index in [0.717, 1.165) is 5.56 Å². The van der Waals surface area contributed by atoms with Gasteiger partial charge < -0.3 is 10.0 Å². The minimum atomic E-state index is -0.349. The molecule has 2 heterocycles. The number of aromatic hydroxyl groups is 1. The molecule has 0 bridgehead atoms. The van der Waals surface area contributed by atoms with E-state index in [4.69, 9.17) is 4.98 Å². The van der Waals surface area contributed by atoms with Crippen molar-refractivity contribution in [1.82, 2.24) is 15.0 Å². The van der Waals surface area contributed by atoms with Crippen molar-refractivity contribution in [3.63, 3.8) is 0 Å². The van der Waals surface area contributed by atoms with Crippen LogP contribution in [0.5, 0.6) is 5.75 Å². The third-order valence-corrected chi connectivity index (χ3v) is 4.89. The number of aromatic nitrogens is 3. The summed E-state index contributed by atoms with van der Waals surface area (Å²) in [7, 11) is 1.91. The molecule has 0 spiro atoms. The number of phenolic OH excluding ortho intramolecular Hbond substituents is 1. The molecule has 140 valence electrons. The highest BCUT2D eigenvalue weighted by Gasteiger charge is 2.19. The molecule has 0 saturated heterocycles. The summed E-state index contributed by atoms with van der Waals surface area (Å²) in [4.78, 5) is 15.3. The van der Waals surface area contributed by atoms with Gasteiger partial charge in [0.15, 0.2) is 5.82 Å². The van der Waals surface area contributed by atoms with Crippen LogP contribution in [0.2, 0.25) is 0 Å². The smallest absolute Gasteiger partial charge is 0.165 e. The van der Waals surface area contributed by atoms with E-state index < -0.39 is 0 Å². The topological polar surface area (TPSA) is 62.1 Å². The molecule has 0 aliphatic heterocycles. The summed E-state index contributed by atoms with van der Waals surface area (Å²) in [5.41, 5.74) is 2.20. The van der Waals surface area contributed by atoms with Gasteiger partial charge in [0.1, 0.15) is 17.4 Å². The zero-order chi connectivity index (χ0) is 19.7. The lowest BCUT2D eigenvalue weighted by Gasteiger charge is -2.27. The Morgan fingerprint density at radius 2 is 1.75 bits per heavy atom. The Hall–Kier alpha value is -3.54. The molecule has 0 radical (unpaired) electrons. The van der Waals surface area contributed by atoms with Gasteiger partial charge >= 0.3 is 0 Å². The van der Waals surface area contributed by atoms with Crippen molar-refractivity contribution in [3.05, 3.63) is 78.4 Å². The first-order chi connectivity index (χ1) is 13.5. The number of hydrogen-bond donors (Lipinski definition) is 1. The molecular weight excluding hydrogens is 355 g/mol. The van der Waals surface area contributed by atoms with Gasteiger partial charge in [0.25, 0.3) is 0 Å². The summed E-state index contributed by atoms with van der Waals surface area (Å²) in [6.45, 7) is 2.04. The van der Waals surface area contributed by atoms with Crippen LogP contribution in [-0.2, 0) is 0 Å². The van der Waals surface area contributed by atoms with Crippen molar-refractivity contribution in [2.75, 3.05) is 11.9 Å². The number of fused-ring (bicyclic) bond motifs is 1. The van der Waals surface area contributed by atoms with Gasteiger partial charge in [-0.1, -0.05) is 12.1 Å². The average molecular weight is 374 g/mol. The van der Waals surface area contributed by atoms with Gasteiger partial charge in [0.2, 0.25) is 0 Å². The van der Waals surface area contributed by atoms with Crippen LogP contribution in [0.3, 0.4) is 0 Å². The van der Waals surface area contributed by atoms with E-state index in [1.165, 1.54) is 12.1 Å². The molecule has 5 nitrogen and oxygen atoms in total. The molecule has 4 rings (SSSR count). The minimum Gasteiger partial charge on any atom is -0.507 e. The van der Waals surface area contributed by atoms with E-state index in [9.17, 15) is 9.50 Å². The molecule has 6 heteroatoms. The maximum atomic E-state index is 14.0. The van der Waals surface area contributed by atoms with Crippen molar-refractivity contribution < 1.29 is 9.50 Å². The molecule has 1 unspecified atom stereocenters. The predicted molar refractivity (Wildman–Crippen MR) is 108 cm³/mol. The number of halogens is 1. The molecule has 2 aromatic carbocycles. The number of rotatable bonds is 4. The second-order valence-electron chi connectivity index (χ2n) is 6.62. The standard InChI is InChI=1S/C22H19FN4O/c1-14(15-9-11-24-12-10-15)27(2)22-18-13-16(23)7-8-19(18)25-21(26-22)17-5-3-4-6-20(17)28/h3-14,28H,1-2H3. The summed E-state index contributed by atoms with van der Waals surface area (Å²) in [5, 5.41) is 10.8. The van der Waals surface area contributed by atoms with Gasteiger partial charge in [-0.15, -0.1) is 0 Å². The molecule has 28 heavy (non-hydrogen) atoms. The Balaban J connectivity index is 1.90. The molecule has 0 aliphatic rings. The lowest BCUT2D eigenvalue weighted by atomic mass is 10.1. The van der Waals surface area contributed by atoms with Gasteiger partial charge in [0.05, 0.1) is 17.1 Å². The first-order valence-electron chi connectivity index (χ1n) is 8.93. The van der Waals surface area contributed by atoms with Crippen molar-refractivity contribution >= 4 is 16.7 Å². The maximum Gasteiger partial charge on any atom is 0.165 e. The highest BCUT2D eigenvalue weighted by atomic mass is 19.1. The molecular formula is C22H19FN4O. The highest BCUT2D eigenvalue weighted by molar-refractivity contribution is 5.91. The second-order valence-corrected chi connectivity index (χ2v) is 6.62. The first kappa shape index (κ1) is 17.9. The zero-order valence-corrected chi connectivity index (χ0v) is 15.5. The molecule has 1 atom stereocenters. The van der Waals surface area contributed by atoms with E-state index in [1.54, 1.807) is 36.7 Å². The highest BCUT2D eigenvalue weighted by Crippen LogP contribution is 2.34. The van der Waals surface area contributed by atoms with Crippen molar-refractivity contribution in [2.45, 2.75) is 13.0 Å². The Morgan fingerprint density at radius 3 is 2.50 bits per heavy atom. The van der Waals surface area contributed by atoms with Crippen molar-refractivity contribution in [3.8, 4) is 17.1 Å². The van der Waals surface area contributed by atoms with E-state index in [0.29, 0.717) is 28.1 Å². The van der Waals surface area contributed by atoms with Crippen molar-refractivity contribution in [2.24, 2.45) is 0 Å². The van der Waals surface area contributed by atoms with E-state index >= 15 is 0 Å². The van der Waals surface area contributed by atoms with Crippen LogP contribution < -0.4 is 4.90 Å².